The number of nitrogens with one attached hydrogen (secondary N) is 1. The molecule has 1 aromatic carbocycles. The molecule has 3 rings (SSSR count). The van der Waals surface area contributed by atoms with Gasteiger partial charge in [-0.15, -0.1) is 11.3 Å². The lowest BCUT2D eigenvalue weighted by molar-refractivity contribution is 1.23. The van der Waals surface area contributed by atoms with Gasteiger partial charge in [0.05, 0.1) is 11.9 Å². The number of nitrogens with zero attached hydrogens (tertiary/aromatic N) is 2. The predicted octanol–water partition coefficient (Wildman–Crippen LogP) is 3.00. The van der Waals surface area contributed by atoms with Crippen LogP contribution in [0.5, 0.6) is 0 Å². The third kappa shape index (κ3) is 1.78. The van der Waals surface area contributed by atoms with Crippen LogP contribution in [0, 0.1) is 0 Å². The molecule has 4 nitrogen and oxygen atoms in total. The first-order valence-corrected chi connectivity index (χ1v) is 6.23. The molecule has 2 aromatic heterocycles. The molecule has 6 heteroatoms. The fourth-order valence-electron chi connectivity index (χ4n) is 1.68. The molecule has 0 aliphatic rings. The van der Waals surface area contributed by atoms with E-state index in [4.69, 9.17) is 17.4 Å². The molecule has 0 saturated carbocycles. The molecular formula is C11H9ClN4S. The maximum atomic E-state index is 5.87. The Hall–Kier alpha value is -1.56. The molecule has 0 amide bonds. The number of anilines is 1. The summed E-state index contributed by atoms with van der Waals surface area (Å²) in [4.78, 5) is 5.22. The van der Waals surface area contributed by atoms with Gasteiger partial charge in [-0.2, -0.15) is 0 Å². The Bertz CT molecular complexity index is 656. The second kappa shape index (κ2) is 4.03. The minimum Gasteiger partial charge on any atom is -0.307 e. The van der Waals surface area contributed by atoms with Crippen LogP contribution in [0.2, 0.25) is 5.02 Å². The van der Waals surface area contributed by atoms with E-state index in [0.717, 1.165) is 21.2 Å². The Kier molecular flexibility index (Phi) is 2.51. The molecule has 0 bridgehead atoms. The highest BCUT2D eigenvalue weighted by Gasteiger charge is 2.08. The monoisotopic (exact) mass is 264 g/mol. The van der Waals surface area contributed by atoms with Gasteiger partial charge in [-0.3, -0.25) is 4.40 Å². The van der Waals surface area contributed by atoms with Gasteiger partial charge in [0.2, 0.25) is 0 Å². The normalized spacial score (nSPS) is 10.9. The molecule has 86 valence electrons. The van der Waals surface area contributed by atoms with E-state index in [1.807, 2.05) is 34.9 Å². The van der Waals surface area contributed by atoms with E-state index in [-0.39, 0.29) is 0 Å². The number of rotatable bonds is 2. The number of hydrogen-bond donors (Lipinski definition) is 2. The zero-order valence-electron chi connectivity index (χ0n) is 8.72. The second-order valence-electron chi connectivity index (χ2n) is 3.55. The molecule has 0 saturated heterocycles. The first kappa shape index (κ1) is 10.6. The van der Waals surface area contributed by atoms with E-state index in [1.54, 1.807) is 11.3 Å². The van der Waals surface area contributed by atoms with Gasteiger partial charge in [0.15, 0.2) is 10.8 Å². The highest BCUT2D eigenvalue weighted by atomic mass is 35.5. The smallest absolute Gasteiger partial charge is 0.196 e. The van der Waals surface area contributed by atoms with Gasteiger partial charge in [0.1, 0.15) is 0 Å². The van der Waals surface area contributed by atoms with Crippen molar-refractivity contribution in [1.29, 1.82) is 0 Å². The van der Waals surface area contributed by atoms with Gasteiger partial charge in [-0.1, -0.05) is 23.7 Å². The Labute approximate surface area is 107 Å². The summed E-state index contributed by atoms with van der Waals surface area (Å²) in [6, 6.07) is 7.72. The van der Waals surface area contributed by atoms with Gasteiger partial charge in [0, 0.05) is 10.4 Å². The van der Waals surface area contributed by atoms with E-state index in [0.29, 0.717) is 5.82 Å². The van der Waals surface area contributed by atoms with Crippen LogP contribution in [0.1, 0.15) is 0 Å². The number of hydrogen-bond acceptors (Lipinski definition) is 4. The quantitative estimate of drug-likeness (QED) is 0.553. The summed E-state index contributed by atoms with van der Waals surface area (Å²) in [6.45, 7) is 0. The fraction of sp³-hybridized carbons (Fsp3) is 0. The summed E-state index contributed by atoms with van der Waals surface area (Å²) in [7, 11) is 0. The van der Waals surface area contributed by atoms with E-state index in [2.05, 4.69) is 15.8 Å². The number of nitrogens with two attached hydrogens (primary N) is 1. The minimum absolute atomic E-state index is 0.659. The van der Waals surface area contributed by atoms with E-state index < -0.39 is 0 Å². The van der Waals surface area contributed by atoms with Crippen molar-refractivity contribution in [2.45, 2.75) is 0 Å². The number of halogens is 1. The van der Waals surface area contributed by atoms with Crippen molar-refractivity contribution in [2.75, 3.05) is 5.43 Å². The Morgan fingerprint density at radius 2 is 2.06 bits per heavy atom. The molecule has 3 N–H and O–H groups in total. The number of imidazole rings is 1. The first-order chi connectivity index (χ1) is 8.28. The van der Waals surface area contributed by atoms with Crippen molar-refractivity contribution in [1.82, 2.24) is 9.38 Å². The second-order valence-corrected chi connectivity index (χ2v) is 4.82. The van der Waals surface area contributed by atoms with Crippen molar-refractivity contribution in [3.63, 3.8) is 0 Å². The molecule has 0 aliphatic carbocycles. The van der Waals surface area contributed by atoms with Crippen LogP contribution in [0.25, 0.3) is 16.2 Å². The molecule has 0 radical (unpaired) electrons. The first-order valence-electron chi connectivity index (χ1n) is 4.97. The summed E-state index contributed by atoms with van der Waals surface area (Å²) in [5, 5.41) is 2.79. The molecule has 0 aliphatic heterocycles. The lowest BCUT2D eigenvalue weighted by Gasteiger charge is -1.99. The zero-order chi connectivity index (χ0) is 11.8. The van der Waals surface area contributed by atoms with Crippen LogP contribution in [0.15, 0.2) is 35.8 Å². The number of thiazole rings is 1. The molecule has 17 heavy (non-hydrogen) atoms. The number of nitrogen functional groups attached to an aromatic ring is 1. The average Bonchev–Trinajstić information content (AvgIpc) is 2.89. The van der Waals surface area contributed by atoms with Crippen LogP contribution in [-0.4, -0.2) is 9.38 Å². The fourth-order valence-corrected chi connectivity index (χ4v) is 2.69. The maximum absolute atomic E-state index is 5.87. The Morgan fingerprint density at radius 3 is 2.76 bits per heavy atom. The van der Waals surface area contributed by atoms with Gasteiger partial charge >= 0.3 is 0 Å². The molecule has 2 heterocycles. The Morgan fingerprint density at radius 1 is 1.29 bits per heavy atom. The van der Waals surface area contributed by atoms with Crippen molar-refractivity contribution in [2.24, 2.45) is 5.84 Å². The number of benzene rings is 1. The van der Waals surface area contributed by atoms with Gasteiger partial charge in [0.25, 0.3) is 0 Å². The van der Waals surface area contributed by atoms with Crippen molar-refractivity contribution in [3.8, 4) is 11.3 Å². The van der Waals surface area contributed by atoms with Gasteiger partial charge < -0.3 is 5.43 Å². The number of aromatic nitrogens is 2. The van der Waals surface area contributed by atoms with E-state index >= 15 is 0 Å². The van der Waals surface area contributed by atoms with Crippen molar-refractivity contribution >= 4 is 33.7 Å². The molecule has 0 atom stereocenters. The van der Waals surface area contributed by atoms with Crippen molar-refractivity contribution < 1.29 is 0 Å². The Balaban J connectivity index is 2.16. The van der Waals surface area contributed by atoms with Crippen LogP contribution in [0.4, 0.5) is 5.82 Å². The highest BCUT2D eigenvalue weighted by molar-refractivity contribution is 7.15. The van der Waals surface area contributed by atoms with Crippen LogP contribution >= 0.6 is 22.9 Å². The lowest BCUT2D eigenvalue weighted by atomic mass is 10.2. The molecular weight excluding hydrogens is 256 g/mol. The number of fused-ring (bicyclic) bond motifs is 1. The van der Waals surface area contributed by atoms with Gasteiger partial charge in [-0.25, -0.2) is 10.8 Å². The van der Waals surface area contributed by atoms with E-state index in [9.17, 15) is 0 Å². The third-order valence-electron chi connectivity index (χ3n) is 2.50. The predicted molar refractivity (Wildman–Crippen MR) is 71.3 cm³/mol. The van der Waals surface area contributed by atoms with Gasteiger partial charge in [-0.05, 0) is 17.7 Å². The van der Waals surface area contributed by atoms with Crippen LogP contribution in [0.3, 0.4) is 0 Å². The molecule has 3 aromatic rings. The van der Waals surface area contributed by atoms with Crippen LogP contribution in [-0.2, 0) is 0 Å². The summed E-state index contributed by atoms with van der Waals surface area (Å²) < 4.78 is 2.00. The zero-order valence-corrected chi connectivity index (χ0v) is 10.3. The maximum Gasteiger partial charge on any atom is 0.196 e. The largest absolute Gasteiger partial charge is 0.307 e. The highest BCUT2D eigenvalue weighted by Crippen LogP contribution is 2.28. The SMILES string of the molecule is NNc1cn2c(-c3ccc(Cl)cc3)csc2n1. The molecule has 0 fully saturated rings. The lowest BCUT2D eigenvalue weighted by Crippen LogP contribution is -2.06. The third-order valence-corrected chi connectivity index (χ3v) is 3.59. The van der Waals surface area contributed by atoms with Crippen LogP contribution < -0.4 is 11.3 Å². The summed E-state index contributed by atoms with van der Waals surface area (Å²) in [5.74, 6) is 6.00. The van der Waals surface area contributed by atoms with E-state index in [1.165, 1.54) is 0 Å². The topological polar surface area (TPSA) is 55.3 Å². The molecule has 0 spiro atoms. The number of hydrazine groups is 1. The summed E-state index contributed by atoms with van der Waals surface area (Å²) in [5.41, 5.74) is 4.72. The molecule has 0 unspecified atom stereocenters. The summed E-state index contributed by atoms with van der Waals surface area (Å²) >= 11 is 7.45. The summed E-state index contributed by atoms with van der Waals surface area (Å²) in [6.07, 6.45) is 1.87. The average molecular weight is 265 g/mol. The van der Waals surface area contributed by atoms with Crippen molar-refractivity contribution in [3.05, 3.63) is 40.9 Å². The minimum atomic E-state index is 0.659. The standard InChI is InChI=1S/C11H9ClN4S/c12-8-3-1-7(2-4-8)9-6-17-11-14-10(15-13)5-16(9)11/h1-6,15H,13H2.